The standard InChI is InChI=1S/C24H33N3O6S2/c1-17-10-12-18(13-11-17)27(14-7-15-33-19-8-5-4-6-9-19)23(30)26-22-25-16-20(34-22)35(31,32)24(2,3)21(28)29/h4-6,8-9,16-18H,7,10-15H2,1-3H3,(H,28,29)(H,25,26,30)/t17-,18-. The molecule has 0 unspecified atom stereocenters. The van der Waals surface area contributed by atoms with Gasteiger partial charge in [0.05, 0.1) is 12.8 Å². The SMILES string of the molecule is CC(C)(C(=O)O)S(=O)(=O)c1cnc(NC(=O)N(CCCOc2ccccc2)[C@H]2CC[C@H](C)CC2)s1. The van der Waals surface area contributed by atoms with Crippen LogP contribution in [0.1, 0.15) is 52.9 Å². The topological polar surface area (TPSA) is 126 Å². The third-order valence-electron chi connectivity index (χ3n) is 6.39. The number of sulfone groups is 1. The van der Waals surface area contributed by atoms with Crippen molar-refractivity contribution in [2.24, 2.45) is 5.92 Å². The number of anilines is 1. The number of thiazole rings is 1. The van der Waals surface area contributed by atoms with E-state index in [-0.39, 0.29) is 21.4 Å². The summed E-state index contributed by atoms with van der Waals surface area (Å²) in [7, 11) is -4.17. The molecular formula is C24H33N3O6S2. The van der Waals surface area contributed by atoms with Crippen LogP contribution in [-0.2, 0) is 14.6 Å². The van der Waals surface area contributed by atoms with Crippen molar-refractivity contribution < 1.29 is 27.9 Å². The van der Waals surface area contributed by atoms with E-state index in [0.717, 1.165) is 62.8 Å². The normalized spacial score (nSPS) is 18.6. The molecule has 1 aromatic heterocycles. The third kappa shape index (κ3) is 6.52. The maximum Gasteiger partial charge on any atom is 0.324 e. The molecule has 192 valence electrons. The number of carbonyl (C=O) groups excluding carboxylic acids is 1. The number of hydrogen-bond acceptors (Lipinski definition) is 7. The minimum absolute atomic E-state index is 0.0806. The van der Waals surface area contributed by atoms with Gasteiger partial charge < -0.3 is 14.7 Å². The molecule has 2 aromatic rings. The summed E-state index contributed by atoms with van der Waals surface area (Å²) in [5.74, 6) is -0.0513. The summed E-state index contributed by atoms with van der Waals surface area (Å²) < 4.78 is 29.1. The number of hydrogen-bond donors (Lipinski definition) is 2. The van der Waals surface area contributed by atoms with E-state index in [0.29, 0.717) is 25.5 Å². The van der Waals surface area contributed by atoms with Gasteiger partial charge in [-0.25, -0.2) is 18.2 Å². The number of para-hydroxylation sites is 1. The second-order valence-electron chi connectivity index (χ2n) is 9.36. The first kappa shape index (κ1) is 26.9. The van der Waals surface area contributed by atoms with Crippen molar-refractivity contribution in [1.29, 1.82) is 0 Å². The Kier molecular flexibility index (Phi) is 8.76. The number of ether oxygens (including phenoxy) is 1. The highest BCUT2D eigenvalue weighted by Gasteiger charge is 2.44. The van der Waals surface area contributed by atoms with Crippen LogP contribution in [0.4, 0.5) is 9.93 Å². The second kappa shape index (κ2) is 11.4. The summed E-state index contributed by atoms with van der Waals surface area (Å²) >= 11 is 0.757. The lowest BCUT2D eigenvalue weighted by Gasteiger charge is -2.36. The monoisotopic (exact) mass is 523 g/mol. The van der Waals surface area contributed by atoms with Crippen LogP contribution in [0.3, 0.4) is 0 Å². The number of nitrogens with zero attached hydrogens (tertiary/aromatic N) is 2. The fourth-order valence-corrected chi connectivity index (χ4v) is 6.68. The number of aromatic nitrogens is 1. The summed E-state index contributed by atoms with van der Waals surface area (Å²) in [5, 5.41) is 12.2. The number of carboxylic acid groups (broad SMARTS) is 1. The first-order valence-electron chi connectivity index (χ1n) is 11.7. The van der Waals surface area contributed by atoms with Crippen LogP contribution < -0.4 is 10.1 Å². The number of carboxylic acids is 1. The van der Waals surface area contributed by atoms with Crippen LogP contribution in [0.2, 0.25) is 0 Å². The predicted molar refractivity (Wildman–Crippen MR) is 135 cm³/mol. The lowest BCUT2D eigenvalue weighted by Crippen LogP contribution is -2.45. The molecule has 1 fully saturated rings. The third-order valence-corrected chi connectivity index (χ3v) is 10.2. The molecule has 0 atom stereocenters. The molecule has 1 aliphatic carbocycles. The van der Waals surface area contributed by atoms with E-state index >= 15 is 0 Å². The van der Waals surface area contributed by atoms with Gasteiger partial charge in [0.15, 0.2) is 9.88 Å². The van der Waals surface area contributed by atoms with Gasteiger partial charge in [-0.05, 0) is 64.0 Å². The number of urea groups is 1. The van der Waals surface area contributed by atoms with Crippen molar-refractivity contribution in [2.45, 2.75) is 67.9 Å². The molecule has 35 heavy (non-hydrogen) atoms. The quantitative estimate of drug-likeness (QED) is 0.434. The minimum Gasteiger partial charge on any atom is -0.494 e. The molecule has 11 heteroatoms. The van der Waals surface area contributed by atoms with Crippen molar-refractivity contribution in [3.8, 4) is 5.75 Å². The zero-order valence-corrected chi connectivity index (χ0v) is 21.9. The number of benzene rings is 1. The van der Waals surface area contributed by atoms with Gasteiger partial charge in [0.2, 0.25) is 9.84 Å². The molecule has 0 aliphatic heterocycles. The van der Waals surface area contributed by atoms with Crippen LogP contribution in [0.15, 0.2) is 40.7 Å². The van der Waals surface area contributed by atoms with Crippen LogP contribution in [0.5, 0.6) is 5.75 Å². The van der Waals surface area contributed by atoms with E-state index in [1.54, 1.807) is 4.90 Å². The Labute approximate surface area is 210 Å². The van der Waals surface area contributed by atoms with E-state index in [1.165, 1.54) is 0 Å². The van der Waals surface area contributed by atoms with Crippen molar-refractivity contribution in [3.63, 3.8) is 0 Å². The van der Waals surface area contributed by atoms with E-state index < -0.39 is 20.6 Å². The Hall–Kier alpha value is -2.66. The first-order valence-corrected chi connectivity index (χ1v) is 14.0. The average Bonchev–Trinajstić information content (AvgIpc) is 3.29. The summed E-state index contributed by atoms with van der Waals surface area (Å²) in [6.07, 6.45) is 5.62. The Bertz CT molecular complexity index is 1110. The average molecular weight is 524 g/mol. The minimum atomic E-state index is -4.17. The summed E-state index contributed by atoms with van der Waals surface area (Å²) in [6, 6.07) is 9.22. The van der Waals surface area contributed by atoms with Crippen LogP contribution in [-0.4, -0.2) is 59.3 Å². The molecule has 0 radical (unpaired) electrons. The highest BCUT2D eigenvalue weighted by atomic mass is 32.2. The van der Waals surface area contributed by atoms with Gasteiger partial charge in [-0.15, -0.1) is 0 Å². The zero-order valence-electron chi connectivity index (χ0n) is 20.3. The van der Waals surface area contributed by atoms with Crippen LogP contribution in [0, 0.1) is 5.92 Å². The van der Waals surface area contributed by atoms with Gasteiger partial charge in [-0.1, -0.05) is 36.5 Å². The van der Waals surface area contributed by atoms with E-state index in [2.05, 4.69) is 17.2 Å². The predicted octanol–water partition coefficient (Wildman–Crippen LogP) is 4.66. The maximum absolute atomic E-state index is 13.2. The molecule has 0 bridgehead atoms. The van der Waals surface area contributed by atoms with Crippen molar-refractivity contribution in [3.05, 3.63) is 36.5 Å². The van der Waals surface area contributed by atoms with Crippen LogP contribution >= 0.6 is 11.3 Å². The fourth-order valence-electron chi connectivity index (χ4n) is 3.92. The molecule has 1 aromatic carbocycles. The Balaban J connectivity index is 1.67. The molecule has 0 spiro atoms. The Morgan fingerprint density at radius 1 is 1.20 bits per heavy atom. The largest absolute Gasteiger partial charge is 0.494 e. The van der Waals surface area contributed by atoms with Crippen molar-refractivity contribution in [1.82, 2.24) is 9.88 Å². The van der Waals surface area contributed by atoms with Gasteiger partial charge in [-0.2, -0.15) is 0 Å². The zero-order chi connectivity index (χ0) is 25.6. The lowest BCUT2D eigenvalue weighted by atomic mass is 9.86. The summed E-state index contributed by atoms with van der Waals surface area (Å²) in [6.45, 7) is 5.42. The maximum atomic E-state index is 13.2. The van der Waals surface area contributed by atoms with Gasteiger partial charge in [0, 0.05) is 12.6 Å². The molecular weight excluding hydrogens is 490 g/mol. The van der Waals surface area contributed by atoms with E-state index in [4.69, 9.17) is 4.74 Å². The molecule has 1 saturated carbocycles. The molecule has 1 aliphatic rings. The molecule has 1 heterocycles. The van der Waals surface area contributed by atoms with Crippen molar-refractivity contribution >= 4 is 38.3 Å². The van der Waals surface area contributed by atoms with Crippen LogP contribution in [0.25, 0.3) is 0 Å². The molecule has 2 amide bonds. The van der Waals surface area contributed by atoms with Gasteiger partial charge >= 0.3 is 12.0 Å². The Morgan fingerprint density at radius 3 is 2.49 bits per heavy atom. The summed E-state index contributed by atoms with van der Waals surface area (Å²) in [4.78, 5) is 30.5. The number of nitrogens with one attached hydrogen (secondary N) is 1. The first-order chi connectivity index (χ1) is 16.5. The number of aliphatic carboxylic acids is 1. The fraction of sp³-hybridized carbons (Fsp3) is 0.542. The van der Waals surface area contributed by atoms with Gasteiger partial charge in [-0.3, -0.25) is 10.1 Å². The molecule has 2 N–H and O–H groups in total. The highest BCUT2D eigenvalue weighted by Crippen LogP contribution is 2.32. The van der Waals surface area contributed by atoms with Crippen molar-refractivity contribution in [2.75, 3.05) is 18.5 Å². The molecule has 9 nitrogen and oxygen atoms in total. The van der Waals surface area contributed by atoms with Gasteiger partial charge in [0.1, 0.15) is 9.96 Å². The highest BCUT2D eigenvalue weighted by molar-refractivity contribution is 7.95. The smallest absolute Gasteiger partial charge is 0.324 e. The second-order valence-corrected chi connectivity index (χ2v) is 13.1. The summed E-state index contributed by atoms with van der Waals surface area (Å²) in [5.41, 5.74) is 0. The van der Waals surface area contributed by atoms with Gasteiger partial charge in [0.25, 0.3) is 0 Å². The van der Waals surface area contributed by atoms with E-state index in [1.807, 2.05) is 30.3 Å². The number of rotatable bonds is 10. The number of amides is 2. The lowest BCUT2D eigenvalue weighted by molar-refractivity contribution is -0.139. The number of carbonyl (C=O) groups is 2. The molecule has 3 rings (SSSR count). The Morgan fingerprint density at radius 2 is 1.86 bits per heavy atom. The molecule has 0 saturated heterocycles. The van der Waals surface area contributed by atoms with E-state index in [9.17, 15) is 23.1 Å².